The van der Waals surface area contributed by atoms with Gasteiger partial charge in [0.1, 0.15) is 0 Å². The molecule has 0 bridgehead atoms. The molecule has 1 aromatic carbocycles. The maximum atomic E-state index is 11.6. The van der Waals surface area contributed by atoms with Gasteiger partial charge in [-0.25, -0.2) is 0 Å². The number of carboxylic acids is 1. The third kappa shape index (κ3) is 5.04. The number of benzene rings is 1. The van der Waals surface area contributed by atoms with Gasteiger partial charge >= 0.3 is 5.97 Å². The first-order chi connectivity index (χ1) is 12.0. The van der Waals surface area contributed by atoms with Gasteiger partial charge in [0.15, 0.2) is 0 Å². The summed E-state index contributed by atoms with van der Waals surface area (Å²) in [7, 11) is 0. The molecule has 2 rings (SSSR count). The summed E-state index contributed by atoms with van der Waals surface area (Å²) < 4.78 is 0. The summed E-state index contributed by atoms with van der Waals surface area (Å²) >= 11 is 0. The number of nitrogens with one attached hydrogen (secondary N) is 1. The van der Waals surface area contributed by atoms with Crippen LogP contribution >= 0.6 is 0 Å². The van der Waals surface area contributed by atoms with E-state index >= 15 is 0 Å². The second-order valence-electron chi connectivity index (χ2n) is 7.03. The highest BCUT2D eigenvalue weighted by atomic mass is 16.4. The van der Waals surface area contributed by atoms with Crippen LogP contribution in [-0.2, 0) is 11.3 Å². The molecular formula is C20H29N3O2. The lowest BCUT2D eigenvalue weighted by atomic mass is 9.82. The van der Waals surface area contributed by atoms with Gasteiger partial charge in [-0.3, -0.25) is 9.69 Å². The monoisotopic (exact) mass is 343 g/mol. The predicted molar refractivity (Wildman–Crippen MR) is 98.1 cm³/mol. The minimum absolute atomic E-state index is 0.397. The summed E-state index contributed by atoms with van der Waals surface area (Å²) in [5, 5.41) is 21.9. The molecule has 0 saturated carbocycles. The molecule has 0 aliphatic carbocycles. The van der Waals surface area contributed by atoms with E-state index in [4.69, 9.17) is 5.26 Å². The summed E-state index contributed by atoms with van der Waals surface area (Å²) in [6, 6.07) is 10.3. The molecule has 5 nitrogen and oxygen atoms in total. The van der Waals surface area contributed by atoms with Crippen molar-refractivity contribution in [2.24, 2.45) is 5.41 Å². The van der Waals surface area contributed by atoms with E-state index in [0.717, 1.165) is 32.5 Å². The first-order valence-corrected chi connectivity index (χ1v) is 9.21. The van der Waals surface area contributed by atoms with Crippen molar-refractivity contribution >= 4 is 5.97 Å². The zero-order valence-electron chi connectivity index (χ0n) is 15.3. The summed E-state index contributed by atoms with van der Waals surface area (Å²) in [5.41, 5.74) is 1.28. The Bertz CT molecular complexity index is 594. The molecule has 0 amide bonds. The molecule has 0 radical (unpaired) electrons. The van der Waals surface area contributed by atoms with Crippen molar-refractivity contribution < 1.29 is 9.90 Å². The Morgan fingerprint density at radius 2 is 1.88 bits per heavy atom. The molecule has 1 aliphatic rings. The summed E-state index contributed by atoms with van der Waals surface area (Å²) in [6.45, 7) is 7.39. The molecule has 1 aliphatic heterocycles. The van der Waals surface area contributed by atoms with Gasteiger partial charge in [-0.05, 0) is 56.5 Å². The number of piperidine rings is 1. The van der Waals surface area contributed by atoms with Gasteiger partial charge in [-0.1, -0.05) is 26.0 Å². The van der Waals surface area contributed by atoms with E-state index in [1.165, 1.54) is 5.56 Å². The molecule has 136 valence electrons. The molecule has 1 aromatic rings. The van der Waals surface area contributed by atoms with E-state index in [2.05, 4.69) is 16.3 Å². The van der Waals surface area contributed by atoms with Crippen molar-refractivity contribution in [1.82, 2.24) is 10.2 Å². The molecular weight excluding hydrogens is 314 g/mol. The Hall–Kier alpha value is -1.90. The minimum atomic E-state index is -0.691. The molecule has 1 heterocycles. The van der Waals surface area contributed by atoms with E-state index in [0.29, 0.717) is 31.0 Å². The van der Waals surface area contributed by atoms with Crippen LogP contribution in [0.5, 0.6) is 0 Å². The molecule has 0 spiro atoms. The van der Waals surface area contributed by atoms with Crippen molar-refractivity contribution in [1.29, 1.82) is 5.26 Å². The Kier molecular flexibility index (Phi) is 6.98. The predicted octanol–water partition coefficient (Wildman–Crippen LogP) is 3.00. The van der Waals surface area contributed by atoms with E-state index in [1.807, 2.05) is 38.1 Å². The standard InChI is InChI=1S/C20H29N3O2/c1-3-20(4-2,19(24)25)15-22-18-9-11-23(12-10-18)14-17-7-5-16(13-21)6-8-17/h5-8,18,22H,3-4,9-12,14-15H2,1-2H3,(H,24,25). The molecule has 0 atom stereocenters. The fraction of sp³-hybridized carbons (Fsp3) is 0.600. The average molecular weight is 343 g/mol. The van der Waals surface area contributed by atoms with E-state index in [-0.39, 0.29) is 0 Å². The Labute approximate surface area is 150 Å². The van der Waals surface area contributed by atoms with E-state index < -0.39 is 11.4 Å². The van der Waals surface area contributed by atoms with Crippen LogP contribution in [0, 0.1) is 16.7 Å². The fourth-order valence-electron chi connectivity index (χ4n) is 3.46. The largest absolute Gasteiger partial charge is 0.481 e. The van der Waals surface area contributed by atoms with Gasteiger partial charge in [0, 0.05) is 19.1 Å². The van der Waals surface area contributed by atoms with E-state index in [1.54, 1.807) is 0 Å². The van der Waals surface area contributed by atoms with Gasteiger partial charge in [0.2, 0.25) is 0 Å². The number of carboxylic acid groups (broad SMARTS) is 1. The molecule has 0 unspecified atom stereocenters. The highest BCUT2D eigenvalue weighted by molar-refractivity contribution is 5.74. The molecule has 0 aromatic heterocycles. The Morgan fingerprint density at radius 3 is 2.36 bits per heavy atom. The highest BCUT2D eigenvalue weighted by Gasteiger charge is 2.35. The van der Waals surface area contributed by atoms with Gasteiger partial charge in [-0.2, -0.15) is 5.26 Å². The van der Waals surface area contributed by atoms with Crippen LogP contribution in [-0.4, -0.2) is 41.7 Å². The minimum Gasteiger partial charge on any atom is -0.481 e. The maximum Gasteiger partial charge on any atom is 0.310 e. The third-order valence-corrected chi connectivity index (χ3v) is 5.61. The smallest absolute Gasteiger partial charge is 0.310 e. The average Bonchev–Trinajstić information content (AvgIpc) is 2.64. The van der Waals surface area contributed by atoms with Crippen molar-refractivity contribution in [3.8, 4) is 6.07 Å². The normalized spacial score (nSPS) is 16.5. The Morgan fingerprint density at radius 1 is 1.28 bits per heavy atom. The number of nitrogens with zero attached hydrogens (tertiary/aromatic N) is 2. The fourth-order valence-corrected chi connectivity index (χ4v) is 3.46. The first kappa shape index (κ1) is 19.4. The summed E-state index contributed by atoms with van der Waals surface area (Å²) in [4.78, 5) is 14.0. The number of likely N-dealkylation sites (tertiary alicyclic amines) is 1. The van der Waals surface area contributed by atoms with Gasteiger partial charge < -0.3 is 10.4 Å². The van der Waals surface area contributed by atoms with Gasteiger partial charge in [0.05, 0.1) is 17.0 Å². The van der Waals surface area contributed by atoms with Crippen LogP contribution < -0.4 is 5.32 Å². The van der Waals surface area contributed by atoms with Crippen LogP contribution in [0.2, 0.25) is 0 Å². The Balaban J connectivity index is 1.79. The molecule has 1 fully saturated rings. The molecule has 2 N–H and O–H groups in total. The number of hydrogen-bond donors (Lipinski definition) is 2. The van der Waals surface area contributed by atoms with Gasteiger partial charge in [-0.15, -0.1) is 0 Å². The first-order valence-electron chi connectivity index (χ1n) is 9.21. The topological polar surface area (TPSA) is 76.4 Å². The second-order valence-corrected chi connectivity index (χ2v) is 7.03. The number of rotatable bonds is 8. The highest BCUT2D eigenvalue weighted by Crippen LogP contribution is 2.26. The molecule has 1 saturated heterocycles. The number of nitriles is 1. The molecule has 25 heavy (non-hydrogen) atoms. The maximum absolute atomic E-state index is 11.6. The zero-order chi connectivity index (χ0) is 18.3. The summed E-state index contributed by atoms with van der Waals surface area (Å²) in [6.07, 6.45) is 3.39. The number of aliphatic carboxylic acids is 1. The van der Waals surface area contributed by atoms with Crippen molar-refractivity contribution in [2.45, 2.75) is 52.1 Å². The van der Waals surface area contributed by atoms with Crippen LogP contribution in [0.3, 0.4) is 0 Å². The van der Waals surface area contributed by atoms with Gasteiger partial charge in [0.25, 0.3) is 0 Å². The number of hydrogen-bond acceptors (Lipinski definition) is 4. The third-order valence-electron chi connectivity index (χ3n) is 5.61. The number of carbonyl (C=O) groups is 1. The molecule has 5 heteroatoms. The lowest BCUT2D eigenvalue weighted by molar-refractivity contribution is -0.149. The second kappa shape index (κ2) is 8.98. The van der Waals surface area contributed by atoms with Crippen LogP contribution in [0.1, 0.15) is 50.7 Å². The SMILES string of the molecule is CCC(CC)(CNC1CCN(Cc2ccc(C#N)cc2)CC1)C(=O)O. The van der Waals surface area contributed by atoms with Crippen LogP contribution in [0.25, 0.3) is 0 Å². The lowest BCUT2D eigenvalue weighted by Crippen LogP contribution is -2.48. The van der Waals surface area contributed by atoms with E-state index in [9.17, 15) is 9.90 Å². The lowest BCUT2D eigenvalue weighted by Gasteiger charge is -2.35. The van der Waals surface area contributed by atoms with Crippen molar-refractivity contribution in [2.75, 3.05) is 19.6 Å². The zero-order valence-corrected chi connectivity index (χ0v) is 15.3. The quantitative estimate of drug-likeness (QED) is 0.759. The summed E-state index contributed by atoms with van der Waals surface area (Å²) in [5.74, 6) is -0.691. The van der Waals surface area contributed by atoms with Crippen molar-refractivity contribution in [3.05, 3.63) is 35.4 Å². The van der Waals surface area contributed by atoms with Crippen molar-refractivity contribution in [3.63, 3.8) is 0 Å². The van der Waals surface area contributed by atoms with Crippen LogP contribution in [0.15, 0.2) is 24.3 Å². The van der Waals surface area contributed by atoms with Crippen LogP contribution in [0.4, 0.5) is 0 Å².